The molecule has 35 heavy (non-hydrogen) atoms. The summed E-state index contributed by atoms with van der Waals surface area (Å²) < 4.78 is 49.7. The van der Waals surface area contributed by atoms with E-state index in [0.29, 0.717) is 28.4 Å². The number of halogens is 3. The number of alkyl halides is 3. The molecule has 2 aromatic heterocycles. The van der Waals surface area contributed by atoms with Crippen molar-refractivity contribution in [1.82, 2.24) is 15.1 Å². The number of aromatic nitrogens is 3. The standard InChI is InChI=1S/C24H21F3N4O4/c1-4-18(32)21-23(34-3)22(29-11-28-21)19(33)7-12(2)20-10-17(31-35-20)16-9-13-8-14(24(25,26)27)5-6-15(13)30-16/h5-6,8,10-12H,4,7,9H2,1-3H3/t12-/m0/s1. The van der Waals surface area contributed by atoms with Crippen molar-refractivity contribution < 1.29 is 32.0 Å². The molecule has 0 saturated heterocycles. The first-order chi connectivity index (χ1) is 16.6. The fraction of sp³-hybridized carbons (Fsp3) is 0.333. The van der Waals surface area contributed by atoms with E-state index >= 15 is 0 Å². The van der Waals surface area contributed by atoms with Crippen LogP contribution in [-0.4, -0.2) is 39.5 Å². The van der Waals surface area contributed by atoms with Gasteiger partial charge in [0.05, 0.1) is 24.1 Å². The third-order valence-electron chi connectivity index (χ3n) is 5.68. The SMILES string of the molecule is CCC(=O)c1ncnc(C(=O)C[C@H](C)c2cc(C3=Nc4ccc(C(F)(F)F)cc4C3)no2)c1OC. The predicted molar refractivity (Wildman–Crippen MR) is 118 cm³/mol. The molecule has 0 unspecified atom stereocenters. The summed E-state index contributed by atoms with van der Waals surface area (Å²) in [5, 5.41) is 4.00. The van der Waals surface area contributed by atoms with Crippen molar-refractivity contribution in [2.24, 2.45) is 4.99 Å². The van der Waals surface area contributed by atoms with Gasteiger partial charge in [0.25, 0.3) is 0 Å². The molecule has 0 N–H and O–H groups in total. The molecule has 0 radical (unpaired) electrons. The number of ketones is 2. The molecule has 0 fully saturated rings. The van der Waals surface area contributed by atoms with E-state index < -0.39 is 17.7 Å². The van der Waals surface area contributed by atoms with Crippen LogP contribution in [-0.2, 0) is 12.6 Å². The molecule has 182 valence electrons. The molecule has 1 atom stereocenters. The lowest BCUT2D eigenvalue weighted by atomic mass is 9.98. The van der Waals surface area contributed by atoms with Gasteiger partial charge in [0.15, 0.2) is 28.7 Å². The maximum Gasteiger partial charge on any atom is 0.416 e. The Hall–Kier alpha value is -3.89. The number of methoxy groups -OCH3 is 1. The number of Topliss-reactive ketones (excluding diaryl/α,β-unsaturated/α-hetero) is 2. The summed E-state index contributed by atoms with van der Waals surface area (Å²) in [6.07, 6.45) is -2.91. The average molecular weight is 486 g/mol. The first-order valence-electron chi connectivity index (χ1n) is 10.8. The van der Waals surface area contributed by atoms with Crippen LogP contribution in [0.4, 0.5) is 18.9 Å². The Balaban J connectivity index is 1.49. The number of aliphatic imine (C=N–C) groups is 1. The molecule has 1 aliphatic rings. The summed E-state index contributed by atoms with van der Waals surface area (Å²) in [5.41, 5.74) is 1.10. The van der Waals surface area contributed by atoms with E-state index in [-0.39, 0.29) is 48.0 Å². The number of nitrogens with zero attached hydrogens (tertiary/aromatic N) is 4. The third-order valence-corrected chi connectivity index (χ3v) is 5.68. The van der Waals surface area contributed by atoms with Crippen molar-refractivity contribution in [2.75, 3.05) is 7.11 Å². The van der Waals surface area contributed by atoms with Crippen molar-refractivity contribution >= 4 is 23.0 Å². The number of benzene rings is 1. The van der Waals surface area contributed by atoms with Crippen LogP contribution in [0.2, 0.25) is 0 Å². The molecule has 4 rings (SSSR count). The largest absolute Gasteiger partial charge is 0.492 e. The van der Waals surface area contributed by atoms with E-state index in [9.17, 15) is 22.8 Å². The zero-order valence-electron chi connectivity index (χ0n) is 19.1. The number of carbonyl (C=O) groups is 2. The molecule has 11 heteroatoms. The van der Waals surface area contributed by atoms with E-state index in [0.717, 1.165) is 18.5 Å². The van der Waals surface area contributed by atoms with Gasteiger partial charge in [-0.2, -0.15) is 13.2 Å². The molecule has 3 heterocycles. The van der Waals surface area contributed by atoms with Crippen molar-refractivity contribution in [2.45, 2.75) is 45.2 Å². The number of carbonyl (C=O) groups excluding carboxylic acids is 2. The third kappa shape index (κ3) is 4.84. The molecule has 0 spiro atoms. The number of rotatable bonds is 8. The fourth-order valence-electron chi connectivity index (χ4n) is 3.79. The maximum absolute atomic E-state index is 13.0. The molecule has 8 nitrogen and oxygen atoms in total. The van der Waals surface area contributed by atoms with Crippen LogP contribution in [0.5, 0.6) is 5.75 Å². The Morgan fingerprint density at radius 1 is 1.14 bits per heavy atom. The topological polar surface area (TPSA) is 108 Å². The second kappa shape index (κ2) is 9.40. The first-order valence-corrected chi connectivity index (χ1v) is 10.8. The summed E-state index contributed by atoms with van der Waals surface area (Å²) in [5.74, 6) is -0.612. The van der Waals surface area contributed by atoms with E-state index in [4.69, 9.17) is 9.26 Å². The summed E-state index contributed by atoms with van der Waals surface area (Å²) in [4.78, 5) is 37.4. The highest BCUT2D eigenvalue weighted by atomic mass is 19.4. The van der Waals surface area contributed by atoms with Gasteiger partial charge < -0.3 is 9.26 Å². The highest BCUT2D eigenvalue weighted by Crippen LogP contribution is 2.36. The van der Waals surface area contributed by atoms with Crippen LogP contribution in [0.3, 0.4) is 0 Å². The Labute approximate surface area is 198 Å². The number of hydrogen-bond acceptors (Lipinski definition) is 8. The van der Waals surface area contributed by atoms with Gasteiger partial charge in [-0.3, -0.25) is 14.6 Å². The van der Waals surface area contributed by atoms with Gasteiger partial charge in [0, 0.05) is 31.2 Å². The van der Waals surface area contributed by atoms with Crippen molar-refractivity contribution in [3.63, 3.8) is 0 Å². The summed E-state index contributed by atoms with van der Waals surface area (Å²) >= 11 is 0. The van der Waals surface area contributed by atoms with Crippen LogP contribution in [0.25, 0.3) is 0 Å². The quantitative estimate of drug-likeness (QED) is 0.406. The monoisotopic (exact) mass is 486 g/mol. The van der Waals surface area contributed by atoms with E-state index in [1.807, 2.05) is 0 Å². The lowest BCUT2D eigenvalue weighted by Gasteiger charge is -2.11. The highest BCUT2D eigenvalue weighted by Gasteiger charge is 2.32. The van der Waals surface area contributed by atoms with Crippen LogP contribution in [0.1, 0.15) is 76.2 Å². The molecular weight excluding hydrogens is 465 g/mol. The normalized spacial score (nSPS) is 13.8. The van der Waals surface area contributed by atoms with Gasteiger partial charge in [-0.15, -0.1) is 0 Å². The number of fused-ring (bicyclic) bond motifs is 1. The van der Waals surface area contributed by atoms with Crippen molar-refractivity contribution in [3.05, 3.63) is 64.6 Å². The first kappa shape index (κ1) is 24.2. The molecular formula is C24H21F3N4O4. The van der Waals surface area contributed by atoms with Gasteiger partial charge in [0.1, 0.15) is 17.8 Å². The second-order valence-electron chi connectivity index (χ2n) is 8.10. The zero-order chi connectivity index (χ0) is 25.3. The number of ether oxygens (including phenoxy) is 1. The van der Waals surface area contributed by atoms with Crippen LogP contribution < -0.4 is 4.74 Å². The Bertz CT molecular complexity index is 1330. The fourth-order valence-corrected chi connectivity index (χ4v) is 3.79. The molecule has 1 aliphatic heterocycles. The van der Waals surface area contributed by atoms with E-state index in [2.05, 4.69) is 20.1 Å². The lowest BCUT2D eigenvalue weighted by molar-refractivity contribution is -0.137. The predicted octanol–water partition coefficient (Wildman–Crippen LogP) is 5.14. The second-order valence-corrected chi connectivity index (χ2v) is 8.10. The molecule has 0 amide bonds. The minimum atomic E-state index is -4.43. The van der Waals surface area contributed by atoms with Crippen molar-refractivity contribution in [3.8, 4) is 5.75 Å². The zero-order valence-corrected chi connectivity index (χ0v) is 19.1. The van der Waals surface area contributed by atoms with Gasteiger partial charge in [-0.25, -0.2) is 9.97 Å². The minimum Gasteiger partial charge on any atom is -0.492 e. The van der Waals surface area contributed by atoms with Gasteiger partial charge in [0.2, 0.25) is 0 Å². The summed E-state index contributed by atoms with van der Waals surface area (Å²) in [7, 11) is 1.34. The van der Waals surface area contributed by atoms with Crippen LogP contribution >= 0.6 is 0 Å². The highest BCUT2D eigenvalue weighted by molar-refractivity contribution is 6.05. The molecule has 0 bridgehead atoms. The number of hydrogen-bond donors (Lipinski definition) is 0. The molecule has 3 aromatic rings. The Morgan fingerprint density at radius 2 is 1.86 bits per heavy atom. The smallest absolute Gasteiger partial charge is 0.416 e. The lowest BCUT2D eigenvalue weighted by Crippen LogP contribution is -2.13. The molecule has 1 aromatic carbocycles. The molecule has 0 saturated carbocycles. The molecule has 0 aliphatic carbocycles. The Morgan fingerprint density at radius 3 is 2.51 bits per heavy atom. The van der Waals surface area contributed by atoms with Crippen LogP contribution in [0.15, 0.2) is 40.1 Å². The van der Waals surface area contributed by atoms with Gasteiger partial charge in [-0.1, -0.05) is 19.0 Å². The van der Waals surface area contributed by atoms with E-state index in [1.165, 1.54) is 13.2 Å². The van der Waals surface area contributed by atoms with E-state index in [1.54, 1.807) is 19.9 Å². The Kier molecular flexibility index (Phi) is 6.51. The summed E-state index contributed by atoms with van der Waals surface area (Å²) in [6.45, 7) is 3.44. The minimum absolute atomic E-state index is 0.00183. The van der Waals surface area contributed by atoms with Crippen LogP contribution in [0, 0.1) is 0 Å². The van der Waals surface area contributed by atoms with Gasteiger partial charge >= 0.3 is 6.18 Å². The maximum atomic E-state index is 13.0. The average Bonchev–Trinajstić information content (AvgIpc) is 3.49. The van der Waals surface area contributed by atoms with Gasteiger partial charge in [-0.05, 0) is 23.8 Å². The summed E-state index contributed by atoms with van der Waals surface area (Å²) in [6, 6.07) is 5.03. The van der Waals surface area contributed by atoms with Crippen molar-refractivity contribution in [1.29, 1.82) is 0 Å².